The Morgan fingerprint density at radius 1 is 0.719 bits per heavy atom. The van der Waals surface area contributed by atoms with Crippen LogP contribution in [-0.2, 0) is 23.7 Å². The lowest BCUT2D eigenvalue weighted by atomic mass is 9.93. The van der Waals surface area contributed by atoms with Crippen molar-refractivity contribution in [2.75, 3.05) is 49.2 Å². The van der Waals surface area contributed by atoms with E-state index in [2.05, 4.69) is 0 Å². The first-order chi connectivity index (χ1) is 26.7. The zero-order valence-electron chi connectivity index (χ0n) is 29.3. The van der Waals surface area contributed by atoms with Gasteiger partial charge in [0.25, 0.3) is 0 Å². The van der Waals surface area contributed by atoms with Crippen LogP contribution in [0.5, 0.6) is 17.2 Å². The maximum atomic E-state index is 13.3. The summed E-state index contributed by atoms with van der Waals surface area (Å²) in [6, 6.07) is 11.1. The number of aryl methyl sites for hydroxylation is 1. The second-order valence-corrected chi connectivity index (χ2v) is 14.8. The standard InChI is InChI=1S/C36H31Cl2N2O16P/c1-17-2-3-23(39(13-32(43)44)14-33(45)46)29(6-17)54-4-5-55-30-9-20(31(57(51,52)53)10-24(30)40(15-34(47)48)16-35(49)50)36-18-7-21(37)25(41)11-27(18)56-28-12-26(42)22(38)8-19(28)36/h2-3,6-12,41H,4-5,13-16H2,1H3,(H,43,44)(H,45,46)(H,47,48)(H,49,50)(H2,51,52,53). The highest BCUT2D eigenvalue weighted by molar-refractivity contribution is 7.60. The van der Waals surface area contributed by atoms with E-state index in [-0.39, 0.29) is 72.9 Å². The normalized spacial score (nSPS) is 11.4. The number of aliphatic carboxylic acids is 4. The summed E-state index contributed by atoms with van der Waals surface area (Å²) in [5.74, 6) is -6.46. The number of hydrogen-bond donors (Lipinski definition) is 7. The molecule has 7 N–H and O–H groups in total. The zero-order valence-corrected chi connectivity index (χ0v) is 31.7. The van der Waals surface area contributed by atoms with E-state index in [0.29, 0.717) is 5.56 Å². The van der Waals surface area contributed by atoms with Crippen molar-refractivity contribution in [2.45, 2.75) is 6.92 Å². The number of halogens is 2. The van der Waals surface area contributed by atoms with Crippen LogP contribution in [0.2, 0.25) is 10.0 Å². The van der Waals surface area contributed by atoms with E-state index in [1.165, 1.54) is 24.3 Å². The summed E-state index contributed by atoms with van der Waals surface area (Å²) >= 11 is 12.5. The fourth-order valence-electron chi connectivity index (χ4n) is 5.96. The number of rotatable bonds is 17. The molecule has 0 amide bonds. The van der Waals surface area contributed by atoms with Crippen LogP contribution in [0.25, 0.3) is 33.4 Å². The molecule has 3 aromatic carbocycles. The SMILES string of the molecule is Cc1ccc(N(CC(=O)O)CC(=O)O)c(OCCOc2cc(-c3c4cc(Cl)c(=O)cc-4oc4cc(O)c(Cl)cc34)c(P(=O)(O)O)cc2N(CC(=O)O)CC(=O)O)c1. The number of phenolic OH excluding ortho intramolecular Hbond substituents is 1. The van der Waals surface area contributed by atoms with Gasteiger partial charge in [-0.1, -0.05) is 29.3 Å². The van der Waals surface area contributed by atoms with Gasteiger partial charge in [0.1, 0.15) is 68.0 Å². The molecule has 1 aliphatic carbocycles. The lowest BCUT2D eigenvalue weighted by molar-refractivity contribution is -0.138. The molecule has 1 heterocycles. The van der Waals surface area contributed by atoms with Crippen molar-refractivity contribution in [3.63, 3.8) is 0 Å². The van der Waals surface area contributed by atoms with Crippen LogP contribution in [0.15, 0.2) is 63.8 Å². The van der Waals surface area contributed by atoms with Crippen LogP contribution in [-0.4, -0.2) is 98.6 Å². The van der Waals surface area contributed by atoms with Crippen LogP contribution in [0, 0.1) is 6.92 Å². The first kappa shape index (κ1) is 42.1. The minimum absolute atomic E-state index is 0.0367. The van der Waals surface area contributed by atoms with E-state index >= 15 is 0 Å². The van der Waals surface area contributed by atoms with Crippen molar-refractivity contribution < 1.29 is 73.0 Å². The van der Waals surface area contributed by atoms with Crippen LogP contribution < -0.4 is 30.0 Å². The maximum Gasteiger partial charge on any atom is 0.356 e. The van der Waals surface area contributed by atoms with Crippen molar-refractivity contribution >= 4 is 82.3 Å². The number of carboxylic acids is 4. The molecule has 0 radical (unpaired) electrons. The van der Waals surface area contributed by atoms with Gasteiger partial charge in [0.2, 0.25) is 5.43 Å². The molecule has 57 heavy (non-hydrogen) atoms. The van der Waals surface area contributed by atoms with Gasteiger partial charge in [-0.05, 0) is 48.9 Å². The summed E-state index contributed by atoms with van der Waals surface area (Å²) in [5.41, 5.74) is -0.647. The third-order valence-corrected chi connectivity index (χ3v) is 9.80. The monoisotopic (exact) mass is 848 g/mol. The summed E-state index contributed by atoms with van der Waals surface area (Å²) in [6.07, 6.45) is 0. The molecule has 0 bridgehead atoms. The minimum Gasteiger partial charge on any atom is -0.506 e. The number of carbonyl (C=O) groups is 4. The minimum atomic E-state index is -5.38. The van der Waals surface area contributed by atoms with Crippen molar-refractivity contribution in [2.24, 2.45) is 0 Å². The number of hydrogen-bond acceptors (Lipinski definition) is 12. The summed E-state index contributed by atoms with van der Waals surface area (Å²) in [6.45, 7) is -2.38. The Balaban J connectivity index is 1.70. The number of ether oxygens (including phenoxy) is 2. The topological polar surface area (TPSA) is 282 Å². The van der Waals surface area contributed by atoms with Gasteiger partial charge in [-0.25, -0.2) is 0 Å². The lowest BCUT2D eigenvalue weighted by Crippen LogP contribution is -2.35. The number of nitrogens with zero attached hydrogens (tertiary/aromatic N) is 2. The van der Waals surface area contributed by atoms with E-state index in [1.807, 2.05) is 0 Å². The average molecular weight is 850 g/mol. The van der Waals surface area contributed by atoms with Gasteiger partial charge >= 0.3 is 31.5 Å². The zero-order chi connectivity index (χ0) is 41.9. The van der Waals surface area contributed by atoms with Crippen LogP contribution >= 0.6 is 30.8 Å². The van der Waals surface area contributed by atoms with E-state index < -0.39 is 80.7 Å². The third kappa shape index (κ3) is 9.86. The highest BCUT2D eigenvalue weighted by Crippen LogP contribution is 2.49. The Morgan fingerprint density at radius 3 is 1.81 bits per heavy atom. The van der Waals surface area contributed by atoms with E-state index in [0.717, 1.165) is 34.1 Å². The van der Waals surface area contributed by atoms with Crippen molar-refractivity contribution in [1.29, 1.82) is 0 Å². The summed E-state index contributed by atoms with van der Waals surface area (Å²) < 4.78 is 31.1. The molecule has 0 aromatic heterocycles. The van der Waals surface area contributed by atoms with Crippen molar-refractivity contribution in [3.05, 3.63) is 80.4 Å². The lowest BCUT2D eigenvalue weighted by Gasteiger charge is -2.27. The second kappa shape index (κ2) is 17.0. The van der Waals surface area contributed by atoms with Crippen LogP contribution in [0.3, 0.4) is 0 Å². The molecule has 1 aliphatic heterocycles. The first-order valence-electron chi connectivity index (χ1n) is 16.3. The van der Waals surface area contributed by atoms with E-state index in [4.69, 9.17) is 37.1 Å². The van der Waals surface area contributed by atoms with Gasteiger partial charge in [-0.3, -0.25) is 28.5 Å². The fraction of sp³-hybridized carbons (Fsp3) is 0.194. The van der Waals surface area contributed by atoms with Gasteiger partial charge in [0.15, 0.2) is 0 Å². The molecule has 0 unspecified atom stereocenters. The molecule has 3 aromatic rings. The number of carboxylic acid groups (broad SMARTS) is 4. The highest BCUT2D eigenvalue weighted by Gasteiger charge is 2.32. The molecule has 300 valence electrons. The smallest absolute Gasteiger partial charge is 0.356 e. The quantitative estimate of drug-likeness (QED) is 0.0394. The Morgan fingerprint density at radius 2 is 1.26 bits per heavy atom. The Hall–Kier alpha value is -6.04. The Labute approximate surface area is 330 Å². The molecule has 21 heteroatoms. The number of benzene rings is 4. The van der Waals surface area contributed by atoms with Gasteiger partial charge < -0.3 is 59.0 Å². The molecular formula is C36H31Cl2N2O16P. The van der Waals surface area contributed by atoms with Crippen molar-refractivity contribution in [3.8, 4) is 39.7 Å². The molecule has 5 rings (SSSR count). The van der Waals surface area contributed by atoms with Gasteiger partial charge in [-0.2, -0.15) is 0 Å². The second-order valence-electron chi connectivity index (χ2n) is 12.4. The average Bonchev–Trinajstić information content (AvgIpc) is 3.08. The van der Waals surface area contributed by atoms with Gasteiger partial charge in [0.05, 0.1) is 26.7 Å². The van der Waals surface area contributed by atoms with Crippen molar-refractivity contribution in [1.82, 2.24) is 0 Å². The van der Waals surface area contributed by atoms with Gasteiger partial charge in [-0.15, -0.1) is 0 Å². The number of anilines is 2. The Kier molecular flexibility index (Phi) is 12.6. The molecule has 0 saturated carbocycles. The van der Waals surface area contributed by atoms with Gasteiger partial charge in [0, 0.05) is 34.2 Å². The fourth-order valence-corrected chi connectivity index (χ4v) is 7.07. The Bertz CT molecular complexity index is 2470. The number of phenols is 1. The number of aromatic hydroxyl groups is 1. The molecule has 0 atom stereocenters. The van der Waals surface area contributed by atoms with Crippen LogP contribution in [0.4, 0.5) is 11.4 Å². The number of fused-ring (bicyclic) bond motifs is 2. The molecule has 0 fully saturated rings. The van der Waals surface area contributed by atoms with E-state index in [9.17, 15) is 63.9 Å². The molecule has 0 saturated heterocycles. The summed E-state index contributed by atoms with van der Waals surface area (Å²) in [4.78, 5) is 82.8. The van der Waals surface area contributed by atoms with E-state index in [1.54, 1.807) is 13.0 Å². The summed E-state index contributed by atoms with van der Waals surface area (Å²) in [5, 5.41) is 47.3. The first-order valence-corrected chi connectivity index (χ1v) is 18.7. The van der Waals surface area contributed by atoms with Crippen LogP contribution in [0.1, 0.15) is 5.56 Å². The largest absolute Gasteiger partial charge is 0.506 e. The third-order valence-electron chi connectivity index (χ3n) is 8.20. The predicted molar refractivity (Wildman–Crippen MR) is 205 cm³/mol. The summed E-state index contributed by atoms with van der Waals surface area (Å²) in [7, 11) is -5.38. The molecular weight excluding hydrogens is 818 g/mol. The maximum absolute atomic E-state index is 13.3. The predicted octanol–water partition coefficient (Wildman–Crippen LogP) is 4.10. The molecule has 0 spiro atoms. The molecule has 2 aliphatic rings. The molecule has 18 nitrogen and oxygen atoms in total. The highest BCUT2D eigenvalue weighted by atomic mass is 35.5.